The molecule has 3 nitrogen and oxygen atoms in total. The highest BCUT2D eigenvalue weighted by Gasteiger charge is 2.24. The fourth-order valence-corrected chi connectivity index (χ4v) is 1.54. The van der Waals surface area contributed by atoms with Gasteiger partial charge in [0.15, 0.2) is 0 Å². The van der Waals surface area contributed by atoms with E-state index in [1.165, 1.54) is 0 Å². The van der Waals surface area contributed by atoms with Crippen molar-refractivity contribution < 1.29 is 9.53 Å². The van der Waals surface area contributed by atoms with E-state index in [9.17, 15) is 4.79 Å². The number of hydrogen-bond acceptors (Lipinski definition) is 3. The highest BCUT2D eigenvalue weighted by molar-refractivity contribution is 5.81. The van der Waals surface area contributed by atoms with Crippen LogP contribution in [-0.4, -0.2) is 18.1 Å². The Morgan fingerprint density at radius 3 is 2.29 bits per heavy atom. The summed E-state index contributed by atoms with van der Waals surface area (Å²) in [5.74, 6) is -0.396. The Labute approximate surface area is 86.3 Å². The summed E-state index contributed by atoms with van der Waals surface area (Å²) in [5.41, 5.74) is 5.75. The predicted molar refractivity (Wildman–Crippen MR) is 57.9 cm³/mol. The molecule has 0 aliphatic carbocycles. The van der Waals surface area contributed by atoms with Gasteiger partial charge >= 0.3 is 5.97 Å². The van der Waals surface area contributed by atoms with E-state index in [4.69, 9.17) is 10.5 Å². The molecule has 82 valence electrons. The summed E-state index contributed by atoms with van der Waals surface area (Å²) in [5, 5.41) is 0. The van der Waals surface area contributed by atoms with Crippen LogP contribution in [0.15, 0.2) is 12.7 Å². The molecular formula is C11H21NO2. The van der Waals surface area contributed by atoms with Crippen molar-refractivity contribution in [2.45, 2.75) is 45.1 Å². The zero-order valence-corrected chi connectivity index (χ0v) is 9.21. The molecule has 0 aromatic heterocycles. The minimum atomic E-state index is -0.396. The second-order valence-electron chi connectivity index (χ2n) is 3.67. The van der Waals surface area contributed by atoms with Crippen LogP contribution in [0.4, 0.5) is 0 Å². The van der Waals surface area contributed by atoms with E-state index in [1.54, 1.807) is 0 Å². The van der Waals surface area contributed by atoms with Crippen molar-refractivity contribution in [2.24, 2.45) is 5.73 Å². The van der Waals surface area contributed by atoms with Gasteiger partial charge in [-0.1, -0.05) is 33.3 Å². The SMILES string of the molecule is C=CC(=O)OCC(N)(CCC)CCC. The lowest BCUT2D eigenvalue weighted by atomic mass is 9.91. The van der Waals surface area contributed by atoms with Gasteiger partial charge in [0.05, 0.1) is 5.54 Å². The van der Waals surface area contributed by atoms with Gasteiger partial charge in [0, 0.05) is 6.08 Å². The first kappa shape index (κ1) is 13.2. The van der Waals surface area contributed by atoms with Crippen molar-refractivity contribution in [3.63, 3.8) is 0 Å². The Bertz CT molecular complexity index is 184. The van der Waals surface area contributed by atoms with Crippen LogP contribution in [0.1, 0.15) is 39.5 Å². The third kappa shape index (κ3) is 5.02. The first-order chi connectivity index (χ1) is 6.58. The zero-order chi connectivity index (χ0) is 11.0. The summed E-state index contributed by atoms with van der Waals surface area (Å²) < 4.78 is 4.98. The number of carbonyl (C=O) groups is 1. The Kier molecular flexibility index (Phi) is 6.21. The molecule has 0 rings (SSSR count). The lowest BCUT2D eigenvalue weighted by Crippen LogP contribution is -2.44. The number of carbonyl (C=O) groups excluding carboxylic acids is 1. The molecule has 0 unspecified atom stereocenters. The van der Waals surface area contributed by atoms with Crippen molar-refractivity contribution in [3.05, 3.63) is 12.7 Å². The molecule has 0 spiro atoms. The van der Waals surface area contributed by atoms with Gasteiger partial charge in [0.2, 0.25) is 0 Å². The monoisotopic (exact) mass is 199 g/mol. The van der Waals surface area contributed by atoms with Crippen LogP contribution in [0, 0.1) is 0 Å². The van der Waals surface area contributed by atoms with Gasteiger partial charge in [-0.05, 0) is 12.8 Å². The third-order valence-corrected chi connectivity index (χ3v) is 2.16. The van der Waals surface area contributed by atoms with Gasteiger partial charge < -0.3 is 10.5 Å². The minimum Gasteiger partial charge on any atom is -0.461 e. The van der Waals surface area contributed by atoms with E-state index in [-0.39, 0.29) is 5.54 Å². The topological polar surface area (TPSA) is 52.3 Å². The molecule has 0 aliphatic rings. The van der Waals surface area contributed by atoms with Crippen LogP contribution >= 0.6 is 0 Å². The van der Waals surface area contributed by atoms with E-state index < -0.39 is 5.97 Å². The molecule has 0 bridgehead atoms. The Balaban J connectivity index is 4.07. The van der Waals surface area contributed by atoms with Gasteiger partial charge in [-0.15, -0.1) is 0 Å². The van der Waals surface area contributed by atoms with Gasteiger partial charge in [-0.2, -0.15) is 0 Å². The number of nitrogens with two attached hydrogens (primary N) is 1. The van der Waals surface area contributed by atoms with Gasteiger partial charge in [0.1, 0.15) is 6.61 Å². The smallest absolute Gasteiger partial charge is 0.330 e. The summed E-state index contributed by atoms with van der Waals surface area (Å²) in [6.45, 7) is 7.78. The standard InChI is InChI=1S/C11H21NO2/c1-4-7-11(12,8-5-2)9-14-10(13)6-3/h6H,3-5,7-9,12H2,1-2H3. The normalized spacial score (nSPS) is 11.1. The fourth-order valence-electron chi connectivity index (χ4n) is 1.54. The van der Waals surface area contributed by atoms with E-state index in [0.717, 1.165) is 31.8 Å². The van der Waals surface area contributed by atoms with Crippen LogP contribution in [0.2, 0.25) is 0 Å². The molecule has 0 fully saturated rings. The van der Waals surface area contributed by atoms with Crippen LogP contribution in [0.5, 0.6) is 0 Å². The van der Waals surface area contributed by atoms with Gasteiger partial charge in [0.25, 0.3) is 0 Å². The van der Waals surface area contributed by atoms with Crippen LogP contribution in [0.25, 0.3) is 0 Å². The van der Waals surface area contributed by atoms with Crippen LogP contribution < -0.4 is 5.73 Å². The molecule has 0 aromatic carbocycles. The van der Waals surface area contributed by atoms with Crippen LogP contribution in [-0.2, 0) is 9.53 Å². The van der Waals surface area contributed by atoms with Gasteiger partial charge in [-0.25, -0.2) is 4.79 Å². The highest BCUT2D eigenvalue weighted by atomic mass is 16.5. The fraction of sp³-hybridized carbons (Fsp3) is 0.727. The first-order valence-corrected chi connectivity index (χ1v) is 5.16. The third-order valence-electron chi connectivity index (χ3n) is 2.16. The van der Waals surface area contributed by atoms with Crippen molar-refractivity contribution in [3.8, 4) is 0 Å². The number of ether oxygens (including phenoxy) is 1. The maximum absolute atomic E-state index is 10.9. The Hall–Kier alpha value is -0.830. The van der Waals surface area contributed by atoms with E-state index in [0.29, 0.717) is 6.61 Å². The Morgan fingerprint density at radius 2 is 1.93 bits per heavy atom. The molecule has 0 amide bonds. The molecule has 0 saturated heterocycles. The molecule has 0 heterocycles. The number of rotatable bonds is 7. The number of esters is 1. The average Bonchev–Trinajstić information content (AvgIpc) is 2.15. The van der Waals surface area contributed by atoms with E-state index in [1.807, 2.05) is 0 Å². The van der Waals surface area contributed by atoms with Crippen LogP contribution in [0.3, 0.4) is 0 Å². The minimum absolute atomic E-state index is 0.291. The second kappa shape index (κ2) is 6.60. The lowest BCUT2D eigenvalue weighted by molar-refractivity contribution is -0.139. The summed E-state index contributed by atoms with van der Waals surface area (Å²) in [4.78, 5) is 10.9. The molecule has 0 saturated carbocycles. The lowest BCUT2D eigenvalue weighted by Gasteiger charge is -2.27. The molecule has 14 heavy (non-hydrogen) atoms. The molecule has 0 atom stereocenters. The average molecular weight is 199 g/mol. The van der Waals surface area contributed by atoms with Crippen molar-refractivity contribution >= 4 is 5.97 Å². The summed E-state index contributed by atoms with van der Waals surface area (Å²) >= 11 is 0. The van der Waals surface area contributed by atoms with E-state index >= 15 is 0 Å². The molecule has 2 N–H and O–H groups in total. The molecule has 3 heteroatoms. The summed E-state index contributed by atoms with van der Waals surface area (Å²) in [7, 11) is 0. The Morgan fingerprint density at radius 1 is 1.43 bits per heavy atom. The zero-order valence-electron chi connectivity index (χ0n) is 9.21. The summed E-state index contributed by atoms with van der Waals surface area (Å²) in [6.07, 6.45) is 4.93. The maximum Gasteiger partial charge on any atom is 0.330 e. The highest BCUT2D eigenvalue weighted by Crippen LogP contribution is 2.16. The van der Waals surface area contributed by atoms with Crippen molar-refractivity contribution in [1.82, 2.24) is 0 Å². The summed E-state index contributed by atoms with van der Waals surface area (Å²) in [6, 6.07) is 0. The largest absolute Gasteiger partial charge is 0.461 e. The van der Waals surface area contributed by atoms with Crippen molar-refractivity contribution in [2.75, 3.05) is 6.61 Å². The molecule has 0 aromatic rings. The quantitative estimate of drug-likeness (QED) is 0.504. The molecular weight excluding hydrogens is 178 g/mol. The first-order valence-electron chi connectivity index (χ1n) is 5.16. The number of hydrogen-bond donors (Lipinski definition) is 1. The van der Waals surface area contributed by atoms with Crippen molar-refractivity contribution in [1.29, 1.82) is 0 Å². The van der Waals surface area contributed by atoms with Gasteiger partial charge in [-0.3, -0.25) is 0 Å². The molecule has 0 radical (unpaired) electrons. The molecule has 0 aliphatic heterocycles. The predicted octanol–water partition coefficient (Wildman–Crippen LogP) is 2.01. The maximum atomic E-state index is 10.9. The second-order valence-corrected chi connectivity index (χ2v) is 3.67. The van der Waals surface area contributed by atoms with E-state index in [2.05, 4.69) is 20.4 Å².